The van der Waals surface area contributed by atoms with E-state index < -0.39 is 0 Å². The number of para-hydroxylation sites is 2. The average Bonchev–Trinajstić information content (AvgIpc) is 2.84. The van der Waals surface area contributed by atoms with E-state index in [-0.39, 0.29) is 5.88 Å². The quantitative estimate of drug-likeness (QED) is 0.789. The van der Waals surface area contributed by atoms with Crippen molar-refractivity contribution in [3.05, 3.63) is 35.5 Å². The van der Waals surface area contributed by atoms with Crippen LogP contribution in [0.3, 0.4) is 0 Å². The number of benzene rings is 1. The lowest BCUT2D eigenvalue weighted by atomic mass is 9.99. The minimum atomic E-state index is 0.279. The lowest BCUT2D eigenvalue weighted by Gasteiger charge is -2.15. The molecule has 4 nitrogen and oxygen atoms in total. The molecule has 0 saturated heterocycles. The van der Waals surface area contributed by atoms with Gasteiger partial charge in [0.1, 0.15) is 0 Å². The Kier molecular flexibility index (Phi) is 3.08. The van der Waals surface area contributed by atoms with E-state index in [1.165, 1.54) is 0 Å². The molecule has 0 spiro atoms. The fourth-order valence-corrected chi connectivity index (χ4v) is 2.66. The summed E-state index contributed by atoms with van der Waals surface area (Å²) in [7, 11) is 0. The number of nitrogens with zero attached hydrogens (tertiary/aromatic N) is 3. The van der Waals surface area contributed by atoms with Crippen LogP contribution in [-0.4, -0.2) is 19.5 Å². The molecule has 1 aromatic carbocycles. The number of hydrogen-bond acceptors (Lipinski definition) is 3. The Labute approximate surface area is 118 Å². The van der Waals surface area contributed by atoms with Crippen LogP contribution in [0.15, 0.2) is 24.3 Å². The van der Waals surface area contributed by atoms with Crippen molar-refractivity contribution in [1.29, 1.82) is 0 Å². The molecule has 0 fully saturated rings. The molecule has 2 heterocycles. The molecule has 0 radical (unpaired) electrons. The molecule has 3 aromatic rings. The number of imidazole rings is 1. The first-order valence-corrected chi connectivity index (χ1v) is 7.16. The third-order valence-electron chi connectivity index (χ3n) is 3.99. The molecular formula is C16H19N3O. The van der Waals surface area contributed by atoms with Crippen LogP contribution in [0.5, 0.6) is 5.88 Å². The van der Waals surface area contributed by atoms with Crippen LogP contribution in [0, 0.1) is 0 Å². The Morgan fingerprint density at radius 2 is 1.95 bits per heavy atom. The van der Waals surface area contributed by atoms with E-state index in [0.717, 1.165) is 35.1 Å². The molecule has 0 aliphatic heterocycles. The second-order valence-electron chi connectivity index (χ2n) is 5.20. The van der Waals surface area contributed by atoms with Crippen molar-refractivity contribution in [1.82, 2.24) is 14.4 Å². The van der Waals surface area contributed by atoms with Crippen molar-refractivity contribution in [3.8, 4) is 5.88 Å². The van der Waals surface area contributed by atoms with Gasteiger partial charge in [0.15, 0.2) is 0 Å². The highest BCUT2D eigenvalue weighted by Crippen LogP contribution is 2.31. The van der Waals surface area contributed by atoms with Gasteiger partial charge in [-0.15, -0.1) is 0 Å². The fraction of sp³-hybridized carbons (Fsp3) is 0.375. The summed E-state index contributed by atoms with van der Waals surface area (Å²) in [6, 6.07) is 7.79. The summed E-state index contributed by atoms with van der Waals surface area (Å²) in [5, 5.41) is 10.6. The lowest BCUT2D eigenvalue weighted by Crippen LogP contribution is -2.06. The number of rotatable bonds is 3. The zero-order valence-corrected chi connectivity index (χ0v) is 12.1. The molecule has 0 amide bonds. The second-order valence-corrected chi connectivity index (χ2v) is 5.20. The van der Waals surface area contributed by atoms with Crippen LogP contribution < -0.4 is 0 Å². The smallest absolute Gasteiger partial charge is 0.237 e. The van der Waals surface area contributed by atoms with E-state index in [9.17, 15) is 5.11 Å². The predicted octanol–water partition coefficient (Wildman–Crippen LogP) is 3.66. The van der Waals surface area contributed by atoms with Crippen molar-refractivity contribution in [2.75, 3.05) is 0 Å². The predicted molar refractivity (Wildman–Crippen MR) is 80.2 cm³/mol. The maximum atomic E-state index is 10.6. The van der Waals surface area contributed by atoms with Gasteiger partial charge in [0, 0.05) is 5.56 Å². The van der Waals surface area contributed by atoms with Gasteiger partial charge in [-0.25, -0.2) is 14.4 Å². The number of hydrogen-bond donors (Lipinski definition) is 1. The number of fused-ring (bicyclic) bond motifs is 3. The van der Waals surface area contributed by atoms with Gasteiger partial charge in [0.05, 0.1) is 16.7 Å². The summed E-state index contributed by atoms with van der Waals surface area (Å²) < 4.78 is 1.75. The molecule has 4 heteroatoms. The van der Waals surface area contributed by atoms with Crippen LogP contribution in [-0.2, 0) is 6.42 Å². The Morgan fingerprint density at radius 1 is 1.20 bits per heavy atom. The third kappa shape index (κ3) is 1.75. The third-order valence-corrected chi connectivity index (χ3v) is 3.99. The van der Waals surface area contributed by atoms with Gasteiger partial charge in [0.25, 0.3) is 0 Å². The van der Waals surface area contributed by atoms with Crippen LogP contribution >= 0.6 is 0 Å². The lowest BCUT2D eigenvalue weighted by molar-refractivity contribution is 0.437. The molecular weight excluding hydrogens is 250 g/mol. The minimum Gasteiger partial charge on any atom is -0.494 e. The highest BCUT2D eigenvalue weighted by molar-refractivity contribution is 5.80. The first-order chi connectivity index (χ1) is 9.67. The summed E-state index contributed by atoms with van der Waals surface area (Å²) in [5.41, 5.74) is 3.65. The van der Waals surface area contributed by atoms with Crippen LogP contribution in [0.1, 0.15) is 44.4 Å². The van der Waals surface area contributed by atoms with Gasteiger partial charge < -0.3 is 5.11 Å². The molecule has 1 N–H and O–H groups in total. The topological polar surface area (TPSA) is 50.4 Å². The maximum Gasteiger partial charge on any atom is 0.237 e. The summed E-state index contributed by atoms with van der Waals surface area (Å²) in [5.74, 6) is 1.18. The van der Waals surface area contributed by atoms with Crippen LogP contribution in [0.2, 0.25) is 0 Å². The molecule has 0 saturated carbocycles. The summed E-state index contributed by atoms with van der Waals surface area (Å²) in [6.07, 6.45) is 1.76. The summed E-state index contributed by atoms with van der Waals surface area (Å²) in [4.78, 5) is 9.23. The van der Waals surface area contributed by atoms with Crippen molar-refractivity contribution in [2.45, 2.75) is 39.5 Å². The van der Waals surface area contributed by atoms with E-state index in [4.69, 9.17) is 4.98 Å². The monoisotopic (exact) mass is 269 g/mol. The van der Waals surface area contributed by atoms with Gasteiger partial charge in [-0.2, -0.15) is 0 Å². The zero-order valence-electron chi connectivity index (χ0n) is 12.1. The van der Waals surface area contributed by atoms with Crippen LogP contribution in [0.25, 0.3) is 16.8 Å². The van der Waals surface area contributed by atoms with E-state index in [2.05, 4.69) is 18.8 Å². The van der Waals surface area contributed by atoms with E-state index >= 15 is 0 Å². The average molecular weight is 269 g/mol. The molecule has 0 aliphatic carbocycles. The van der Waals surface area contributed by atoms with Gasteiger partial charge >= 0.3 is 0 Å². The normalized spacial score (nSPS) is 13.2. The first-order valence-electron chi connectivity index (χ1n) is 7.16. The van der Waals surface area contributed by atoms with E-state index in [0.29, 0.717) is 11.7 Å². The Morgan fingerprint density at radius 3 is 2.65 bits per heavy atom. The number of aromatic hydroxyl groups is 1. The van der Waals surface area contributed by atoms with Crippen molar-refractivity contribution >= 4 is 16.8 Å². The highest BCUT2D eigenvalue weighted by atomic mass is 16.3. The zero-order chi connectivity index (χ0) is 14.3. The minimum absolute atomic E-state index is 0.279. The SMILES string of the molecule is CCc1c(C(C)CC)nc2nc3ccccc3n2c1O. The standard InChI is InChI=1S/C16H19N3O/c1-4-10(3)14-11(5-2)15(20)19-13-9-7-6-8-12(13)17-16(19)18-14/h6-10,20H,4-5H2,1-3H3. The Balaban J connectivity index is 2.42. The largest absolute Gasteiger partial charge is 0.494 e. The van der Waals surface area contributed by atoms with Gasteiger partial charge in [-0.3, -0.25) is 0 Å². The fourth-order valence-electron chi connectivity index (χ4n) is 2.66. The second kappa shape index (κ2) is 4.78. The van der Waals surface area contributed by atoms with Gasteiger partial charge in [-0.1, -0.05) is 32.9 Å². The number of aromatic nitrogens is 3. The molecule has 0 bridgehead atoms. The molecule has 2 aromatic heterocycles. The molecule has 1 unspecified atom stereocenters. The van der Waals surface area contributed by atoms with E-state index in [1.807, 2.05) is 31.2 Å². The summed E-state index contributed by atoms with van der Waals surface area (Å²) >= 11 is 0. The highest BCUT2D eigenvalue weighted by Gasteiger charge is 2.19. The first kappa shape index (κ1) is 12.9. The molecule has 20 heavy (non-hydrogen) atoms. The van der Waals surface area contributed by atoms with Crippen molar-refractivity contribution in [3.63, 3.8) is 0 Å². The van der Waals surface area contributed by atoms with Gasteiger partial charge in [-0.05, 0) is 30.9 Å². The Bertz CT molecular complexity index is 776. The van der Waals surface area contributed by atoms with Crippen molar-refractivity contribution < 1.29 is 5.11 Å². The summed E-state index contributed by atoms with van der Waals surface area (Å²) in [6.45, 7) is 6.32. The van der Waals surface area contributed by atoms with E-state index in [1.54, 1.807) is 4.40 Å². The molecule has 1 atom stereocenters. The maximum absolute atomic E-state index is 10.6. The van der Waals surface area contributed by atoms with Crippen molar-refractivity contribution in [2.24, 2.45) is 0 Å². The van der Waals surface area contributed by atoms with Crippen LogP contribution in [0.4, 0.5) is 0 Å². The molecule has 0 aliphatic rings. The Hall–Kier alpha value is -2.10. The van der Waals surface area contributed by atoms with Gasteiger partial charge in [0.2, 0.25) is 11.7 Å². The molecule has 3 rings (SSSR count). The molecule has 104 valence electrons.